The van der Waals surface area contributed by atoms with Crippen molar-refractivity contribution in [3.05, 3.63) is 35.6 Å². The Bertz CT molecular complexity index is 482. The van der Waals surface area contributed by atoms with Crippen LogP contribution in [0.1, 0.15) is 12.5 Å². The second-order valence-corrected chi connectivity index (χ2v) is 4.66. The molecule has 0 spiro atoms. The summed E-state index contributed by atoms with van der Waals surface area (Å²) in [6, 6.07) is 6.31. The van der Waals surface area contributed by atoms with Crippen molar-refractivity contribution < 1.29 is 14.0 Å². The highest BCUT2D eigenvalue weighted by Crippen LogP contribution is 2.10. The zero-order chi connectivity index (χ0) is 13.8. The van der Waals surface area contributed by atoms with Crippen molar-refractivity contribution in [2.45, 2.75) is 13.3 Å². The standard InChI is InChI=1S/C14H17FN2O2/c1-11(18)16-6-8-17(9-7-16)14(19)10-12-4-2-3-5-13(12)15/h2-5H,6-10H2,1H3. The first kappa shape index (κ1) is 13.5. The lowest BCUT2D eigenvalue weighted by molar-refractivity contribution is -0.138. The summed E-state index contributed by atoms with van der Waals surface area (Å²) < 4.78 is 13.5. The average Bonchev–Trinajstić information content (AvgIpc) is 2.41. The first-order valence-corrected chi connectivity index (χ1v) is 6.34. The molecule has 0 aliphatic carbocycles. The lowest BCUT2D eigenvalue weighted by Crippen LogP contribution is -2.50. The second kappa shape index (κ2) is 5.82. The van der Waals surface area contributed by atoms with Crippen molar-refractivity contribution in [1.82, 2.24) is 9.80 Å². The van der Waals surface area contributed by atoms with Crippen LogP contribution in [0.5, 0.6) is 0 Å². The van der Waals surface area contributed by atoms with Crippen molar-refractivity contribution in [3.8, 4) is 0 Å². The molecule has 1 aliphatic heterocycles. The summed E-state index contributed by atoms with van der Waals surface area (Å²) in [5, 5.41) is 0. The Morgan fingerprint density at radius 2 is 1.68 bits per heavy atom. The van der Waals surface area contributed by atoms with Gasteiger partial charge in [-0.1, -0.05) is 18.2 Å². The molecule has 1 fully saturated rings. The summed E-state index contributed by atoms with van der Waals surface area (Å²) in [7, 11) is 0. The van der Waals surface area contributed by atoms with E-state index in [1.54, 1.807) is 28.0 Å². The molecule has 1 saturated heterocycles. The van der Waals surface area contributed by atoms with Crippen LogP contribution in [0, 0.1) is 5.82 Å². The van der Waals surface area contributed by atoms with Gasteiger partial charge in [-0.3, -0.25) is 9.59 Å². The van der Waals surface area contributed by atoms with E-state index >= 15 is 0 Å². The number of rotatable bonds is 2. The van der Waals surface area contributed by atoms with Crippen LogP contribution in [0.3, 0.4) is 0 Å². The molecule has 4 nitrogen and oxygen atoms in total. The summed E-state index contributed by atoms with van der Waals surface area (Å²) in [5.41, 5.74) is 0.418. The summed E-state index contributed by atoms with van der Waals surface area (Å²) in [5.74, 6) is -0.410. The van der Waals surface area contributed by atoms with Crippen molar-refractivity contribution in [2.24, 2.45) is 0 Å². The molecule has 0 atom stereocenters. The van der Waals surface area contributed by atoms with E-state index in [1.807, 2.05) is 0 Å². The lowest BCUT2D eigenvalue weighted by atomic mass is 10.1. The third-order valence-corrected chi connectivity index (χ3v) is 3.38. The first-order valence-electron chi connectivity index (χ1n) is 6.34. The van der Waals surface area contributed by atoms with Crippen molar-refractivity contribution in [1.29, 1.82) is 0 Å². The number of carbonyl (C=O) groups is 2. The third kappa shape index (κ3) is 3.30. The molecule has 2 amide bonds. The number of benzene rings is 1. The third-order valence-electron chi connectivity index (χ3n) is 3.38. The zero-order valence-corrected chi connectivity index (χ0v) is 10.9. The molecule has 1 aromatic carbocycles. The molecule has 102 valence electrons. The number of piperazine rings is 1. The van der Waals surface area contributed by atoms with E-state index in [2.05, 4.69) is 0 Å². The van der Waals surface area contributed by atoms with Crippen molar-refractivity contribution >= 4 is 11.8 Å². The number of hydrogen-bond acceptors (Lipinski definition) is 2. The average molecular weight is 264 g/mol. The summed E-state index contributed by atoms with van der Waals surface area (Å²) in [6.07, 6.45) is 0.0761. The lowest BCUT2D eigenvalue weighted by Gasteiger charge is -2.34. The number of hydrogen-bond donors (Lipinski definition) is 0. The summed E-state index contributed by atoms with van der Waals surface area (Å²) in [6.45, 7) is 3.67. The SMILES string of the molecule is CC(=O)N1CCN(C(=O)Cc2ccccc2F)CC1. The minimum absolute atomic E-state index is 0.0289. The normalized spacial score (nSPS) is 15.5. The van der Waals surface area contributed by atoms with Gasteiger partial charge in [0, 0.05) is 33.1 Å². The Morgan fingerprint density at radius 3 is 2.26 bits per heavy atom. The molecule has 0 aromatic heterocycles. The van der Waals surface area contributed by atoms with Crippen molar-refractivity contribution in [3.63, 3.8) is 0 Å². The molecule has 1 aliphatic rings. The van der Waals surface area contributed by atoms with E-state index < -0.39 is 0 Å². The van der Waals surface area contributed by atoms with Crippen LogP contribution in [0.15, 0.2) is 24.3 Å². The van der Waals surface area contributed by atoms with E-state index in [1.165, 1.54) is 13.0 Å². The maximum absolute atomic E-state index is 13.5. The summed E-state index contributed by atoms with van der Waals surface area (Å²) >= 11 is 0. The molecule has 0 radical (unpaired) electrons. The van der Waals surface area contributed by atoms with Crippen LogP contribution in [0.4, 0.5) is 4.39 Å². The molecular weight excluding hydrogens is 247 g/mol. The molecule has 1 aromatic rings. The number of halogens is 1. The highest BCUT2D eigenvalue weighted by molar-refractivity contribution is 5.79. The maximum atomic E-state index is 13.5. The Kier molecular flexibility index (Phi) is 4.14. The van der Waals surface area contributed by atoms with Crippen LogP contribution >= 0.6 is 0 Å². The van der Waals surface area contributed by atoms with Crippen LogP contribution in [-0.2, 0) is 16.0 Å². The minimum atomic E-state index is -0.349. The van der Waals surface area contributed by atoms with Crippen LogP contribution < -0.4 is 0 Å². The number of amides is 2. The molecule has 0 unspecified atom stereocenters. The van der Waals surface area contributed by atoms with Crippen LogP contribution in [0.2, 0.25) is 0 Å². The Balaban J connectivity index is 1.92. The fraction of sp³-hybridized carbons (Fsp3) is 0.429. The predicted octanol–water partition coefficient (Wildman–Crippen LogP) is 1.06. The van der Waals surface area contributed by atoms with Gasteiger partial charge in [-0.2, -0.15) is 0 Å². The summed E-state index contributed by atoms with van der Waals surface area (Å²) in [4.78, 5) is 26.6. The van der Waals surface area contributed by atoms with Gasteiger partial charge in [-0.15, -0.1) is 0 Å². The molecule has 5 heteroatoms. The largest absolute Gasteiger partial charge is 0.339 e. The highest BCUT2D eigenvalue weighted by atomic mass is 19.1. The van der Waals surface area contributed by atoms with Gasteiger partial charge in [0.05, 0.1) is 6.42 Å². The van der Waals surface area contributed by atoms with Gasteiger partial charge >= 0.3 is 0 Å². The van der Waals surface area contributed by atoms with Gasteiger partial charge in [0.15, 0.2) is 0 Å². The minimum Gasteiger partial charge on any atom is -0.339 e. The van der Waals surface area contributed by atoms with Gasteiger partial charge in [0.1, 0.15) is 5.82 Å². The highest BCUT2D eigenvalue weighted by Gasteiger charge is 2.22. The van der Waals surface area contributed by atoms with Gasteiger partial charge in [-0.25, -0.2) is 4.39 Å². The van der Waals surface area contributed by atoms with Crippen LogP contribution in [0.25, 0.3) is 0 Å². The van der Waals surface area contributed by atoms with E-state index in [0.29, 0.717) is 31.7 Å². The fourth-order valence-electron chi connectivity index (χ4n) is 2.19. The Morgan fingerprint density at radius 1 is 1.11 bits per heavy atom. The number of carbonyl (C=O) groups excluding carboxylic acids is 2. The van der Waals surface area contributed by atoms with E-state index in [0.717, 1.165) is 0 Å². The molecule has 0 bridgehead atoms. The smallest absolute Gasteiger partial charge is 0.227 e. The monoisotopic (exact) mass is 264 g/mol. The molecule has 0 saturated carbocycles. The molecular formula is C14H17FN2O2. The Labute approximate surface area is 111 Å². The predicted molar refractivity (Wildman–Crippen MR) is 68.9 cm³/mol. The van der Waals surface area contributed by atoms with E-state index in [-0.39, 0.29) is 24.1 Å². The molecule has 0 N–H and O–H groups in total. The zero-order valence-electron chi connectivity index (χ0n) is 10.9. The molecule has 19 heavy (non-hydrogen) atoms. The second-order valence-electron chi connectivity index (χ2n) is 4.66. The Hall–Kier alpha value is -1.91. The van der Waals surface area contributed by atoms with E-state index in [9.17, 15) is 14.0 Å². The fourth-order valence-corrected chi connectivity index (χ4v) is 2.19. The van der Waals surface area contributed by atoms with Crippen LogP contribution in [-0.4, -0.2) is 47.8 Å². The molecule has 2 rings (SSSR count). The number of nitrogens with zero attached hydrogens (tertiary/aromatic N) is 2. The van der Waals surface area contributed by atoms with Gasteiger partial charge < -0.3 is 9.80 Å². The van der Waals surface area contributed by atoms with Crippen molar-refractivity contribution in [2.75, 3.05) is 26.2 Å². The molecule has 1 heterocycles. The topological polar surface area (TPSA) is 40.6 Å². The maximum Gasteiger partial charge on any atom is 0.227 e. The quantitative estimate of drug-likeness (QED) is 0.801. The van der Waals surface area contributed by atoms with Gasteiger partial charge in [0.2, 0.25) is 11.8 Å². The van der Waals surface area contributed by atoms with Gasteiger partial charge in [-0.05, 0) is 11.6 Å². The van der Waals surface area contributed by atoms with E-state index in [4.69, 9.17) is 0 Å². The first-order chi connectivity index (χ1) is 9.08. The van der Waals surface area contributed by atoms with Gasteiger partial charge in [0.25, 0.3) is 0 Å².